The minimum absolute atomic E-state index is 0.00391. The molecule has 1 amide bonds. The highest BCUT2D eigenvalue weighted by molar-refractivity contribution is 7.19. The van der Waals surface area contributed by atoms with Crippen molar-refractivity contribution in [2.75, 3.05) is 25.6 Å². The van der Waals surface area contributed by atoms with Crippen LogP contribution in [0.3, 0.4) is 0 Å². The SMILES string of the molecule is C[Si](C)(C)CCOCN1CC(c2ccc(-c3cc(C(N)=O)c(N)s3)cc2)N=N1. The first kappa shape index (κ1) is 20.5. The van der Waals surface area contributed by atoms with E-state index in [9.17, 15) is 4.79 Å². The van der Waals surface area contributed by atoms with E-state index in [2.05, 4.69) is 30.0 Å². The molecule has 3 rings (SSSR count). The molecule has 1 aliphatic heterocycles. The molecule has 0 radical (unpaired) electrons. The van der Waals surface area contributed by atoms with Gasteiger partial charge in [-0.1, -0.05) is 49.1 Å². The van der Waals surface area contributed by atoms with Crippen LogP contribution in [0.15, 0.2) is 40.7 Å². The number of amides is 1. The van der Waals surface area contributed by atoms with Gasteiger partial charge in [0.15, 0.2) is 0 Å². The minimum atomic E-state index is -1.07. The smallest absolute Gasteiger partial charge is 0.251 e. The number of hydrogen-bond acceptors (Lipinski definition) is 7. The number of ether oxygens (including phenoxy) is 1. The van der Waals surface area contributed by atoms with E-state index in [-0.39, 0.29) is 6.04 Å². The molecule has 9 heteroatoms. The number of thiophene rings is 1. The van der Waals surface area contributed by atoms with Gasteiger partial charge in [-0.3, -0.25) is 9.80 Å². The van der Waals surface area contributed by atoms with Crippen molar-refractivity contribution < 1.29 is 9.53 Å². The molecule has 28 heavy (non-hydrogen) atoms. The molecule has 150 valence electrons. The van der Waals surface area contributed by atoms with Gasteiger partial charge in [0.05, 0.1) is 17.1 Å². The largest absolute Gasteiger partial charge is 0.390 e. The van der Waals surface area contributed by atoms with Crippen LogP contribution in [-0.4, -0.2) is 38.9 Å². The number of rotatable bonds is 8. The maximum Gasteiger partial charge on any atom is 0.251 e. The molecule has 1 aliphatic rings. The summed E-state index contributed by atoms with van der Waals surface area (Å²) in [5.41, 5.74) is 13.7. The standard InChI is InChI=1S/C19H27N5O2SSi/c1-28(2,3)9-8-26-12-24-11-16(22-23-24)13-4-6-14(7-5-13)17-10-15(18(20)25)19(21)27-17/h4-7,10,16H,8-9,11-12,21H2,1-3H3,(H2,20,25). The molecule has 4 N–H and O–H groups in total. The second kappa shape index (κ2) is 8.42. The maximum atomic E-state index is 11.4. The number of hydrogen-bond donors (Lipinski definition) is 2. The van der Waals surface area contributed by atoms with E-state index in [0.29, 0.717) is 23.8 Å². The number of nitrogens with zero attached hydrogens (tertiary/aromatic N) is 3. The Hall–Kier alpha value is -2.23. The number of benzene rings is 1. The number of nitrogen functional groups attached to an aromatic ring is 1. The molecule has 1 unspecified atom stereocenters. The van der Waals surface area contributed by atoms with Gasteiger partial charge in [-0.25, -0.2) is 0 Å². The average molecular weight is 418 g/mol. The molecular formula is C19H27N5O2SSi. The summed E-state index contributed by atoms with van der Waals surface area (Å²) in [4.78, 5) is 12.3. The van der Waals surface area contributed by atoms with Gasteiger partial charge in [0.1, 0.15) is 12.8 Å². The summed E-state index contributed by atoms with van der Waals surface area (Å²) in [7, 11) is -1.07. The van der Waals surface area contributed by atoms with Crippen LogP contribution in [0, 0.1) is 0 Å². The third-order valence-electron chi connectivity index (χ3n) is 4.54. The van der Waals surface area contributed by atoms with Crippen LogP contribution in [0.4, 0.5) is 5.00 Å². The number of carbonyl (C=O) groups is 1. The Morgan fingerprint density at radius 1 is 1.32 bits per heavy atom. The van der Waals surface area contributed by atoms with Crippen molar-refractivity contribution in [3.63, 3.8) is 0 Å². The quantitative estimate of drug-likeness (QED) is 0.497. The fourth-order valence-electron chi connectivity index (χ4n) is 2.82. The Kier molecular flexibility index (Phi) is 6.16. The zero-order valence-electron chi connectivity index (χ0n) is 16.5. The van der Waals surface area contributed by atoms with Gasteiger partial charge in [0, 0.05) is 19.6 Å². The summed E-state index contributed by atoms with van der Waals surface area (Å²) in [6.45, 7) is 8.98. The van der Waals surface area contributed by atoms with Crippen molar-refractivity contribution >= 4 is 30.3 Å². The molecule has 2 heterocycles. The Bertz CT molecular complexity index is 860. The summed E-state index contributed by atoms with van der Waals surface area (Å²) in [5, 5.41) is 10.9. The lowest BCUT2D eigenvalue weighted by atomic mass is 10.0. The first-order valence-electron chi connectivity index (χ1n) is 9.26. The Morgan fingerprint density at radius 3 is 2.64 bits per heavy atom. The van der Waals surface area contributed by atoms with Crippen LogP contribution in [0.25, 0.3) is 10.4 Å². The summed E-state index contributed by atoms with van der Waals surface area (Å²) in [6, 6.07) is 11.0. The van der Waals surface area contributed by atoms with Gasteiger partial charge < -0.3 is 16.2 Å². The molecule has 0 spiro atoms. The molecule has 1 aromatic heterocycles. The molecule has 1 aromatic carbocycles. The highest BCUT2D eigenvalue weighted by Gasteiger charge is 2.22. The normalized spacial score (nSPS) is 16.7. The van der Waals surface area contributed by atoms with Gasteiger partial charge in [-0.2, -0.15) is 5.11 Å². The molecule has 2 aromatic rings. The Morgan fingerprint density at radius 2 is 2.04 bits per heavy atom. The van der Waals surface area contributed by atoms with Gasteiger partial charge in [0.2, 0.25) is 0 Å². The van der Waals surface area contributed by atoms with Crippen LogP contribution in [0.2, 0.25) is 25.7 Å². The van der Waals surface area contributed by atoms with E-state index in [1.54, 1.807) is 6.07 Å². The lowest BCUT2D eigenvalue weighted by Crippen LogP contribution is -2.25. The molecule has 0 saturated heterocycles. The van der Waals surface area contributed by atoms with E-state index in [1.165, 1.54) is 11.3 Å². The van der Waals surface area contributed by atoms with Crippen LogP contribution in [-0.2, 0) is 4.74 Å². The topological polar surface area (TPSA) is 106 Å². The summed E-state index contributed by atoms with van der Waals surface area (Å²) in [5.74, 6) is -0.504. The molecule has 1 atom stereocenters. The first-order valence-corrected chi connectivity index (χ1v) is 13.8. The van der Waals surface area contributed by atoms with E-state index in [1.807, 2.05) is 29.3 Å². The lowest BCUT2D eigenvalue weighted by molar-refractivity contribution is 0.0413. The lowest BCUT2D eigenvalue weighted by Gasteiger charge is -2.18. The highest BCUT2D eigenvalue weighted by Crippen LogP contribution is 2.34. The number of carbonyl (C=O) groups excluding carboxylic acids is 1. The molecule has 0 aliphatic carbocycles. The zero-order valence-corrected chi connectivity index (χ0v) is 18.3. The van der Waals surface area contributed by atoms with Crippen molar-refractivity contribution in [1.29, 1.82) is 0 Å². The first-order chi connectivity index (χ1) is 13.2. The molecule has 7 nitrogen and oxygen atoms in total. The second-order valence-electron chi connectivity index (χ2n) is 8.13. The van der Waals surface area contributed by atoms with E-state index in [4.69, 9.17) is 16.2 Å². The van der Waals surface area contributed by atoms with Crippen molar-refractivity contribution in [3.8, 4) is 10.4 Å². The van der Waals surface area contributed by atoms with E-state index < -0.39 is 14.0 Å². The van der Waals surface area contributed by atoms with Crippen LogP contribution < -0.4 is 11.5 Å². The average Bonchev–Trinajstić information content (AvgIpc) is 3.25. The monoisotopic (exact) mass is 417 g/mol. The van der Waals surface area contributed by atoms with Gasteiger partial charge in [-0.15, -0.1) is 11.3 Å². The Labute approximate surface area is 170 Å². The van der Waals surface area contributed by atoms with Gasteiger partial charge in [-0.05, 0) is 23.2 Å². The Balaban J connectivity index is 1.55. The molecule has 0 fully saturated rings. The number of nitrogens with two attached hydrogens (primary N) is 2. The van der Waals surface area contributed by atoms with E-state index >= 15 is 0 Å². The predicted molar refractivity (Wildman–Crippen MR) is 116 cm³/mol. The summed E-state index contributed by atoms with van der Waals surface area (Å²) >= 11 is 1.36. The maximum absolute atomic E-state index is 11.4. The van der Waals surface area contributed by atoms with Crippen LogP contribution >= 0.6 is 11.3 Å². The van der Waals surface area contributed by atoms with Gasteiger partial charge >= 0.3 is 0 Å². The van der Waals surface area contributed by atoms with Crippen molar-refractivity contribution in [1.82, 2.24) is 5.01 Å². The second-order valence-corrected chi connectivity index (χ2v) is 14.8. The highest BCUT2D eigenvalue weighted by atomic mass is 32.1. The fourth-order valence-corrected chi connectivity index (χ4v) is 4.51. The zero-order chi connectivity index (χ0) is 20.3. The minimum Gasteiger partial charge on any atom is -0.390 e. The fraction of sp³-hybridized carbons (Fsp3) is 0.421. The summed E-state index contributed by atoms with van der Waals surface area (Å²) < 4.78 is 5.75. The van der Waals surface area contributed by atoms with Crippen molar-refractivity contribution in [2.45, 2.75) is 31.7 Å². The summed E-state index contributed by atoms with van der Waals surface area (Å²) in [6.07, 6.45) is 0. The van der Waals surface area contributed by atoms with Crippen molar-refractivity contribution in [3.05, 3.63) is 41.5 Å². The van der Waals surface area contributed by atoms with Crippen molar-refractivity contribution in [2.24, 2.45) is 16.1 Å². The molecule has 0 bridgehead atoms. The van der Waals surface area contributed by atoms with Crippen LogP contribution in [0.5, 0.6) is 0 Å². The molecular weight excluding hydrogens is 390 g/mol. The third kappa shape index (κ3) is 5.18. The predicted octanol–water partition coefficient (Wildman–Crippen LogP) is 4.13. The molecule has 0 saturated carbocycles. The number of anilines is 1. The van der Waals surface area contributed by atoms with Crippen LogP contribution in [0.1, 0.15) is 22.0 Å². The number of primary amides is 1. The van der Waals surface area contributed by atoms with E-state index in [0.717, 1.165) is 28.7 Å². The van der Waals surface area contributed by atoms with Gasteiger partial charge in [0.25, 0.3) is 5.91 Å². The third-order valence-corrected chi connectivity index (χ3v) is 7.26.